The number of hydrogen-bond acceptors (Lipinski definition) is 6. The highest BCUT2D eigenvalue weighted by Gasteiger charge is 2.50. The molecule has 0 aromatic carbocycles. The molecule has 9 heteroatoms. The van der Waals surface area contributed by atoms with E-state index < -0.39 is 21.7 Å². The van der Waals surface area contributed by atoms with E-state index in [2.05, 4.69) is 9.88 Å². The molecule has 2 aliphatic heterocycles. The zero-order valence-corrected chi connectivity index (χ0v) is 18.0. The summed E-state index contributed by atoms with van der Waals surface area (Å²) in [7, 11) is -1.50. The minimum absolute atomic E-state index is 0.0756. The summed E-state index contributed by atoms with van der Waals surface area (Å²) in [6.45, 7) is 3.38. The van der Waals surface area contributed by atoms with Gasteiger partial charge in [0, 0.05) is 46.0 Å². The van der Waals surface area contributed by atoms with Crippen molar-refractivity contribution >= 4 is 15.9 Å². The average molecular weight is 423 g/mol. The lowest BCUT2D eigenvalue weighted by Gasteiger charge is -2.44. The van der Waals surface area contributed by atoms with Crippen LogP contribution in [-0.4, -0.2) is 91.1 Å². The van der Waals surface area contributed by atoms with Gasteiger partial charge in [-0.15, -0.1) is 0 Å². The van der Waals surface area contributed by atoms with Gasteiger partial charge in [0.25, 0.3) is 5.91 Å². The van der Waals surface area contributed by atoms with Crippen LogP contribution in [0.15, 0.2) is 24.4 Å². The van der Waals surface area contributed by atoms with Gasteiger partial charge in [0.1, 0.15) is 6.10 Å². The topological polar surface area (TPSA) is 83.1 Å². The first-order chi connectivity index (χ1) is 13.7. The summed E-state index contributed by atoms with van der Waals surface area (Å²) in [5, 5.41) is 0. The van der Waals surface area contributed by atoms with E-state index >= 15 is 0 Å². The molecule has 3 aliphatic rings. The highest BCUT2D eigenvalue weighted by atomic mass is 32.2. The van der Waals surface area contributed by atoms with Crippen molar-refractivity contribution in [3.8, 4) is 0 Å². The van der Waals surface area contributed by atoms with Crippen molar-refractivity contribution in [1.82, 2.24) is 19.1 Å². The third-order valence-corrected chi connectivity index (χ3v) is 7.32. The van der Waals surface area contributed by atoms with E-state index in [4.69, 9.17) is 4.74 Å². The summed E-state index contributed by atoms with van der Waals surface area (Å²) in [4.78, 5) is 21.4. The fourth-order valence-electron chi connectivity index (χ4n) is 4.39. The summed E-state index contributed by atoms with van der Waals surface area (Å²) in [6, 6.07) is 5.65. The van der Waals surface area contributed by atoms with Gasteiger partial charge in [0.15, 0.2) is 0 Å². The molecule has 4 rings (SSSR count). The van der Waals surface area contributed by atoms with Crippen LogP contribution in [0.2, 0.25) is 0 Å². The number of pyridine rings is 1. The SMILES string of the molecule is CN(Cc1ccccn1)C(=O)[C@H]1CN(CC2CC2)C[C@@]2(CCN(S(C)(=O)=O)C2)O1. The van der Waals surface area contributed by atoms with Gasteiger partial charge < -0.3 is 9.64 Å². The third-order valence-electron chi connectivity index (χ3n) is 6.07. The summed E-state index contributed by atoms with van der Waals surface area (Å²) >= 11 is 0. The number of sulfonamides is 1. The standard InChI is InChI=1S/C20H30N4O4S/c1-22(12-17-5-3-4-9-21-17)19(25)18-13-23(11-16-6-7-16)14-20(28-18)8-10-24(15-20)29(2,26)27/h3-5,9,16,18H,6-8,10-15H2,1-2H3/t18-,20-/m1/s1. The number of morpholine rings is 1. The second-order valence-electron chi connectivity index (χ2n) is 8.79. The van der Waals surface area contributed by atoms with Crippen molar-refractivity contribution in [1.29, 1.82) is 0 Å². The number of rotatable bonds is 6. The lowest BCUT2D eigenvalue weighted by molar-refractivity contribution is -0.176. The molecule has 3 fully saturated rings. The monoisotopic (exact) mass is 422 g/mol. The van der Waals surface area contributed by atoms with E-state index in [9.17, 15) is 13.2 Å². The van der Waals surface area contributed by atoms with Crippen LogP contribution >= 0.6 is 0 Å². The first-order valence-corrected chi connectivity index (χ1v) is 12.1. The third kappa shape index (κ3) is 4.96. The summed E-state index contributed by atoms with van der Waals surface area (Å²) in [5.74, 6) is 0.618. The molecule has 0 bridgehead atoms. The Hall–Kier alpha value is -1.55. The van der Waals surface area contributed by atoms with Crippen LogP contribution in [0.25, 0.3) is 0 Å². The largest absolute Gasteiger partial charge is 0.358 e. The number of likely N-dealkylation sites (N-methyl/N-ethyl adjacent to an activating group) is 1. The molecule has 3 heterocycles. The van der Waals surface area contributed by atoms with E-state index in [1.807, 2.05) is 18.2 Å². The zero-order valence-electron chi connectivity index (χ0n) is 17.2. The Labute approximate surface area is 172 Å². The predicted octanol–water partition coefficient (Wildman–Crippen LogP) is 0.555. The zero-order chi connectivity index (χ0) is 20.6. The number of carbonyl (C=O) groups is 1. The number of hydrogen-bond donors (Lipinski definition) is 0. The Balaban J connectivity index is 1.48. The van der Waals surface area contributed by atoms with Crippen molar-refractivity contribution < 1.29 is 17.9 Å². The molecule has 29 heavy (non-hydrogen) atoms. The maximum absolute atomic E-state index is 13.2. The molecule has 8 nitrogen and oxygen atoms in total. The van der Waals surface area contributed by atoms with E-state index in [-0.39, 0.29) is 5.91 Å². The Bertz CT molecular complexity index is 845. The highest BCUT2D eigenvalue weighted by molar-refractivity contribution is 7.88. The van der Waals surface area contributed by atoms with Crippen LogP contribution in [0.4, 0.5) is 0 Å². The second-order valence-corrected chi connectivity index (χ2v) is 10.8. The molecule has 0 unspecified atom stereocenters. The predicted molar refractivity (Wildman–Crippen MR) is 109 cm³/mol. The van der Waals surface area contributed by atoms with E-state index in [1.165, 1.54) is 23.4 Å². The fourth-order valence-corrected chi connectivity index (χ4v) is 5.28. The summed E-state index contributed by atoms with van der Waals surface area (Å²) in [6.07, 6.45) is 5.45. The molecule has 160 valence electrons. The summed E-state index contributed by atoms with van der Waals surface area (Å²) in [5.41, 5.74) is 0.218. The van der Waals surface area contributed by atoms with Gasteiger partial charge in [-0.05, 0) is 37.3 Å². The van der Waals surface area contributed by atoms with Crippen molar-refractivity contribution in [3.63, 3.8) is 0 Å². The first kappa shape index (κ1) is 20.7. The second kappa shape index (κ2) is 7.94. The van der Waals surface area contributed by atoms with E-state index in [1.54, 1.807) is 18.1 Å². The Morgan fingerprint density at radius 3 is 2.76 bits per heavy atom. The maximum Gasteiger partial charge on any atom is 0.253 e. The number of ether oxygens (including phenoxy) is 1. The Morgan fingerprint density at radius 2 is 2.14 bits per heavy atom. The molecule has 2 saturated heterocycles. The number of amides is 1. The molecule has 1 spiro atoms. The molecule has 1 saturated carbocycles. The minimum atomic E-state index is -3.27. The average Bonchev–Trinajstić information content (AvgIpc) is 3.39. The van der Waals surface area contributed by atoms with Crippen LogP contribution in [0.3, 0.4) is 0 Å². The van der Waals surface area contributed by atoms with Gasteiger partial charge in [-0.25, -0.2) is 8.42 Å². The van der Waals surface area contributed by atoms with Crippen molar-refractivity contribution in [3.05, 3.63) is 30.1 Å². The van der Waals surface area contributed by atoms with Gasteiger partial charge in [-0.2, -0.15) is 4.31 Å². The van der Waals surface area contributed by atoms with Crippen LogP contribution < -0.4 is 0 Å². The molecule has 0 N–H and O–H groups in total. The minimum Gasteiger partial charge on any atom is -0.358 e. The Kier molecular flexibility index (Phi) is 5.67. The Morgan fingerprint density at radius 1 is 1.34 bits per heavy atom. The highest BCUT2D eigenvalue weighted by Crippen LogP contribution is 2.36. The number of carbonyl (C=O) groups excluding carboxylic acids is 1. The van der Waals surface area contributed by atoms with Gasteiger partial charge in [0.05, 0.1) is 24.1 Å². The van der Waals surface area contributed by atoms with Gasteiger partial charge in [-0.1, -0.05) is 6.07 Å². The molecule has 1 amide bonds. The molecule has 1 aromatic rings. The normalized spacial score (nSPS) is 28.7. The molecule has 1 aromatic heterocycles. The van der Waals surface area contributed by atoms with E-state index in [0.29, 0.717) is 45.1 Å². The summed E-state index contributed by atoms with van der Waals surface area (Å²) < 4.78 is 31.9. The first-order valence-electron chi connectivity index (χ1n) is 10.2. The molecular weight excluding hydrogens is 392 g/mol. The van der Waals surface area contributed by atoms with Crippen molar-refractivity contribution in [2.75, 3.05) is 46.0 Å². The van der Waals surface area contributed by atoms with Gasteiger partial charge >= 0.3 is 0 Å². The van der Waals surface area contributed by atoms with E-state index in [0.717, 1.165) is 12.2 Å². The lowest BCUT2D eigenvalue weighted by atomic mass is 9.98. The van der Waals surface area contributed by atoms with Gasteiger partial charge in [-0.3, -0.25) is 14.7 Å². The number of aromatic nitrogens is 1. The quantitative estimate of drug-likeness (QED) is 0.666. The van der Waals surface area contributed by atoms with Crippen molar-refractivity contribution in [2.24, 2.45) is 5.92 Å². The van der Waals surface area contributed by atoms with Crippen molar-refractivity contribution in [2.45, 2.75) is 37.5 Å². The lowest BCUT2D eigenvalue weighted by Crippen LogP contribution is -2.60. The molecular formula is C20H30N4O4S. The molecule has 1 aliphatic carbocycles. The van der Waals surface area contributed by atoms with Crippen LogP contribution in [0.5, 0.6) is 0 Å². The van der Waals surface area contributed by atoms with Gasteiger partial charge in [0.2, 0.25) is 10.0 Å². The van der Waals surface area contributed by atoms with Crippen LogP contribution in [0, 0.1) is 5.92 Å². The molecule has 2 atom stereocenters. The number of nitrogens with zero attached hydrogens (tertiary/aromatic N) is 4. The van der Waals surface area contributed by atoms with Crippen LogP contribution in [-0.2, 0) is 26.1 Å². The van der Waals surface area contributed by atoms with Crippen LogP contribution in [0.1, 0.15) is 25.0 Å². The maximum atomic E-state index is 13.2. The molecule has 0 radical (unpaired) electrons. The smallest absolute Gasteiger partial charge is 0.253 e. The fraction of sp³-hybridized carbons (Fsp3) is 0.700.